The van der Waals surface area contributed by atoms with Gasteiger partial charge in [-0.15, -0.1) is 11.3 Å². The second-order valence-corrected chi connectivity index (χ2v) is 10.9. The molecule has 0 aliphatic rings. The smallest absolute Gasteiger partial charge is 0.238 e. The Balaban J connectivity index is 1.38. The summed E-state index contributed by atoms with van der Waals surface area (Å²) < 4.78 is 9.60. The largest absolute Gasteiger partial charge is 0.455 e. The van der Waals surface area contributed by atoms with Crippen LogP contribution in [-0.2, 0) is 0 Å². The minimum absolute atomic E-state index is 0.555. The third kappa shape index (κ3) is 3.36. The summed E-state index contributed by atoms with van der Waals surface area (Å²) in [6, 6.07) is 37.1. The van der Waals surface area contributed by atoms with Crippen LogP contribution in [0.2, 0.25) is 0 Å². The zero-order valence-corrected chi connectivity index (χ0v) is 22.3. The summed E-state index contributed by atoms with van der Waals surface area (Å²) in [4.78, 5) is 19.7. The highest BCUT2D eigenvalue weighted by Gasteiger charge is 2.20. The van der Waals surface area contributed by atoms with E-state index in [0.717, 1.165) is 65.1 Å². The molecule has 7 heteroatoms. The first-order valence-corrected chi connectivity index (χ1v) is 14.2. The van der Waals surface area contributed by atoms with Gasteiger partial charge in [0.25, 0.3) is 0 Å². The lowest BCUT2D eigenvalue weighted by molar-refractivity contribution is 0.669. The first-order chi connectivity index (χ1) is 20.3. The molecular weight excluding hydrogens is 526 g/mol. The van der Waals surface area contributed by atoms with Crippen LogP contribution < -0.4 is 0 Å². The van der Waals surface area contributed by atoms with Crippen LogP contribution in [0.4, 0.5) is 0 Å². The third-order valence-corrected chi connectivity index (χ3v) is 8.43. The van der Waals surface area contributed by atoms with Gasteiger partial charge in [-0.05, 0) is 42.5 Å². The molecule has 0 bridgehead atoms. The van der Waals surface area contributed by atoms with Gasteiger partial charge in [-0.2, -0.15) is 9.97 Å². The Morgan fingerprint density at radius 2 is 1.32 bits per heavy atom. The normalized spacial score (nSPS) is 11.9. The van der Waals surface area contributed by atoms with E-state index in [1.54, 1.807) is 11.3 Å². The first kappa shape index (κ1) is 22.4. The van der Waals surface area contributed by atoms with Gasteiger partial charge in [-0.25, -0.2) is 9.97 Å². The van der Waals surface area contributed by atoms with Crippen molar-refractivity contribution < 1.29 is 4.42 Å². The average molecular weight is 546 g/mol. The number of para-hydroxylation sites is 4. The van der Waals surface area contributed by atoms with Crippen molar-refractivity contribution in [3.63, 3.8) is 0 Å². The van der Waals surface area contributed by atoms with Crippen molar-refractivity contribution in [3.8, 4) is 28.7 Å². The van der Waals surface area contributed by atoms with Crippen LogP contribution in [0.1, 0.15) is 0 Å². The van der Waals surface area contributed by atoms with Crippen LogP contribution in [0.15, 0.2) is 119 Å². The zero-order chi connectivity index (χ0) is 26.9. The number of aromatic nitrogens is 5. The summed E-state index contributed by atoms with van der Waals surface area (Å²) >= 11 is 1.60. The number of furan rings is 1. The SMILES string of the molecule is c1ccc2c(c1)oc1c(-c3nc(-c4ccc5ncsc5c4)nc(-n4c5ccccc5c5ccccc54)n3)cccc12. The van der Waals surface area contributed by atoms with Crippen molar-refractivity contribution in [2.45, 2.75) is 0 Å². The molecule has 4 heterocycles. The summed E-state index contributed by atoms with van der Waals surface area (Å²) in [5.41, 5.74) is 8.22. The van der Waals surface area contributed by atoms with Crippen molar-refractivity contribution in [2.24, 2.45) is 0 Å². The molecule has 9 aromatic rings. The molecule has 0 atom stereocenters. The minimum atomic E-state index is 0.555. The number of fused-ring (bicyclic) bond motifs is 7. The Bertz CT molecular complexity index is 2400. The fourth-order valence-electron chi connectivity index (χ4n) is 5.77. The van der Waals surface area contributed by atoms with E-state index in [1.165, 1.54) is 0 Å². The Labute approximate surface area is 237 Å². The van der Waals surface area contributed by atoms with E-state index in [2.05, 4.69) is 64.1 Å². The van der Waals surface area contributed by atoms with E-state index in [-0.39, 0.29) is 0 Å². The van der Waals surface area contributed by atoms with Crippen LogP contribution in [-0.4, -0.2) is 24.5 Å². The Hall–Kier alpha value is -5.40. The van der Waals surface area contributed by atoms with Crippen LogP contribution in [0.3, 0.4) is 0 Å². The average Bonchev–Trinajstić information content (AvgIpc) is 3.74. The highest BCUT2D eigenvalue weighted by atomic mass is 32.1. The van der Waals surface area contributed by atoms with Gasteiger partial charge in [-0.3, -0.25) is 4.57 Å². The molecule has 0 saturated carbocycles. The number of hydrogen-bond acceptors (Lipinski definition) is 6. The minimum Gasteiger partial charge on any atom is -0.455 e. The molecule has 0 N–H and O–H groups in total. The maximum atomic E-state index is 6.39. The van der Waals surface area contributed by atoms with E-state index in [9.17, 15) is 0 Å². The van der Waals surface area contributed by atoms with Gasteiger partial charge in [0.2, 0.25) is 5.95 Å². The summed E-state index contributed by atoms with van der Waals surface area (Å²) in [6.07, 6.45) is 0. The van der Waals surface area contributed by atoms with E-state index in [4.69, 9.17) is 19.4 Å². The van der Waals surface area contributed by atoms with E-state index < -0.39 is 0 Å². The predicted molar refractivity (Wildman–Crippen MR) is 165 cm³/mol. The van der Waals surface area contributed by atoms with Crippen LogP contribution in [0.25, 0.3) is 82.7 Å². The molecule has 41 heavy (non-hydrogen) atoms. The molecule has 0 fully saturated rings. The standard InChI is InChI=1S/C34H19N5OS/c1-4-13-27-21(8-1)22-9-2-5-14-28(22)39(27)34-37-32(20-16-17-26-30(18-20)41-19-35-26)36-33(38-34)25-12-7-11-24-23-10-3-6-15-29(23)40-31(24)25/h1-19H. The molecular formula is C34H19N5OS. The topological polar surface area (TPSA) is 69.6 Å². The van der Waals surface area contributed by atoms with Crippen LogP contribution in [0.5, 0.6) is 0 Å². The molecule has 4 aromatic heterocycles. The van der Waals surface area contributed by atoms with Crippen LogP contribution >= 0.6 is 11.3 Å². The molecule has 6 nitrogen and oxygen atoms in total. The second-order valence-electron chi connectivity index (χ2n) is 9.97. The number of hydrogen-bond donors (Lipinski definition) is 0. The number of benzene rings is 5. The molecule has 9 rings (SSSR count). The van der Waals surface area contributed by atoms with Crippen molar-refractivity contribution in [2.75, 3.05) is 0 Å². The Morgan fingerprint density at radius 1 is 0.610 bits per heavy atom. The van der Waals surface area contributed by atoms with Gasteiger partial charge in [0.05, 0.1) is 32.3 Å². The van der Waals surface area contributed by atoms with E-state index in [0.29, 0.717) is 17.6 Å². The predicted octanol–water partition coefficient (Wildman–Crippen LogP) is 8.81. The molecule has 192 valence electrons. The first-order valence-electron chi connectivity index (χ1n) is 13.3. The second kappa shape index (κ2) is 8.55. The number of rotatable bonds is 3. The summed E-state index contributed by atoms with van der Waals surface area (Å²) in [5, 5.41) is 4.40. The lowest BCUT2D eigenvalue weighted by Crippen LogP contribution is -2.06. The molecule has 0 aliphatic heterocycles. The molecule has 0 spiro atoms. The maximum absolute atomic E-state index is 6.39. The Morgan fingerprint density at radius 3 is 2.15 bits per heavy atom. The van der Waals surface area contributed by atoms with Crippen molar-refractivity contribution in [1.82, 2.24) is 24.5 Å². The van der Waals surface area contributed by atoms with E-state index >= 15 is 0 Å². The summed E-state index contributed by atoms with van der Waals surface area (Å²) in [5.74, 6) is 1.70. The molecule has 0 saturated heterocycles. The van der Waals surface area contributed by atoms with Gasteiger partial charge in [0.15, 0.2) is 11.6 Å². The quantitative estimate of drug-likeness (QED) is 0.222. The van der Waals surface area contributed by atoms with Crippen molar-refractivity contribution in [1.29, 1.82) is 0 Å². The number of thiazole rings is 1. The molecule has 0 unspecified atom stereocenters. The molecule has 5 aromatic carbocycles. The van der Waals surface area contributed by atoms with Crippen molar-refractivity contribution >= 4 is 65.3 Å². The highest BCUT2D eigenvalue weighted by Crippen LogP contribution is 2.37. The highest BCUT2D eigenvalue weighted by molar-refractivity contribution is 7.16. The Kier molecular flexibility index (Phi) is 4.67. The number of nitrogens with zero attached hydrogens (tertiary/aromatic N) is 5. The van der Waals surface area contributed by atoms with Gasteiger partial charge < -0.3 is 4.42 Å². The molecule has 0 aliphatic carbocycles. The summed E-state index contributed by atoms with van der Waals surface area (Å²) in [7, 11) is 0. The maximum Gasteiger partial charge on any atom is 0.238 e. The monoisotopic (exact) mass is 545 g/mol. The molecule has 0 amide bonds. The van der Waals surface area contributed by atoms with Gasteiger partial charge in [0, 0.05) is 27.1 Å². The van der Waals surface area contributed by atoms with Gasteiger partial charge >= 0.3 is 0 Å². The molecule has 0 radical (unpaired) electrons. The van der Waals surface area contributed by atoms with Gasteiger partial charge in [0.1, 0.15) is 11.2 Å². The lowest BCUT2D eigenvalue weighted by atomic mass is 10.1. The van der Waals surface area contributed by atoms with Gasteiger partial charge in [-0.1, -0.05) is 66.7 Å². The van der Waals surface area contributed by atoms with E-state index in [1.807, 2.05) is 60.1 Å². The lowest BCUT2D eigenvalue weighted by Gasteiger charge is -2.11. The van der Waals surface area contributed by atoms with Crippen molar-refractivity contribution in [3.05, 3.63) is 115 Å². The van der Waals surface area contributed by atoms with Crippen LogP contribution in [0, 0.1) is 0 Å². The zero-order valence-electron chi connectivity index (χ0n) is 21.5. The fraction of sp³-hybridized carbons (Fsp3) is 0. The third-order valence-electron chi connectivity index (χ3n) is 7.64. The summed E-state index contributed by atoms with van der Waals surface area (Å²) in [6.45, 7) is 0. The fourth-order valence-corrected chi connectivity index (χ4v) is 6.49.